The molecule has 3 aromatic carbocycles. The average Bonchev–Trinajstić information content (AvgIpc) is 3.44. The van der Waals surface area contributed by atoms with Crippen LogP contribution in [0.25, 0.3) is 0 Å². The zero-order valence-electron chi connectivity index (χ0n) is 23.7. The lowest BCUT2D eigenvalue weighted by molar-refractivity contribution is -0.125. The summed E-state index contributed by atoms with van der Waals surface area (Å²) < 4.78 is 49.5. The molecule has 41 heavy (non-hydrogen) atoms. The number of rotatable bonds is 11. The molecule has 4 rings (SSSR count). The fourth-order valence-electron chi connectivity index (χ4n) is 4.48. The molecule has 11 heteroatoms. The fourth-order valence-corrected chi connectivity index (χ4v) is 5.60. The molecule has 10 nitrogen and oxygen atoms in total. The summed E-state index contributed by atoms with van der Waals surface area (Å²) in [4.78, 5) is 25.9. The standard InChI is InChI=1S/C30H34N2O8S/c1-6-7-20-14-21(30(34)32(4)41(35,36)23-11-8-19(9-12-23)18(2)3)10-13-24(20)40-27(29(31)33)22-15-25(37-5)28-26(16-22)38-17-39-28/h8-16,18,27H,6-7,17H2,1-5H3,(H2,31,33). The molecule has 2 N–H and O–H groups in total. The summed E-state index contributed by atoms with van der Waals surface area (Å²) in [5.41, 5.74) is 7.88. The molecule has 1 aliphatic heterocycles. The lowest BCUT2D eigenvalue weighted by Gasteiger charge is -2.21. The molecule has 0 saturated carbocycles. The van der Waals surface area contributed by atoms with E-state index in [4.69, 9.17) is 24.7 Å². The van der Waals surface area contributed by atoms with E-state index < -0.39 is 27.9 Å². The Hall–Kier alpha value is -4.25. The lowest BCUT2D eigenvalue weighted by Crippen LogP contribution is -2.33. The van der Waals surface area contributed by atoms with Gasteiger partial charge in [-0.05, 0) is 65.9 Å². The van der Waals surface area contributed by atoms with Gasteiger partial charge in [-0.25, -0.2) is 12.7 Å². The van der Waals surface area contributed by atoms with Gasteiger partial charge >= 0.3 is 0 Å². The Morgan fingerprint density at radius 2 is 1.71 bits per heavy atom. The molecule has 1 heterocycles. The highest BCUT2D eigenvalue weighted by Crippen LogP contribution is 2.43. The van der Waals surface area contributed by atoms with Gasteiger partial charge in [0.1, 0.15) is 5.75 Å². The monoisotopic (exact) mass is 582 g/mol. The quantitative estimate of drug-likeness (QED) is 0.348. The Morgan fingerprint density at radius 3 is 2.32 bits per heavy atom. The molecular formula is C30H34N2O8S. The molecule has 0 bridgehead atoms. The predicted octanol–water partition coefficient (Wildman–Crippen LogP) is 4.57. The van der Waals surface area contributed by atoms with Gasteiger partial charge in [-0.15, -0.1) is 0 Å². The number of nitrogens with zero attached hydrogens (tertiary/aromatic N) is 1. The summed E-state index contributed by atoms with van der Waals surface area (Å²) in [5.74, 6) is 0.305. The first kappa shape index (κ1) is 29.7. The number of ether oxygens (including phenoxy) is 4. The van der Waals surface area contributed by atoms with E-state index in [2.05, 4.69) is 0 Å². The van der Waals surface area contributed by atoms with E-state index in [-0.39, 0.29) is 23.2 Å². The van der Waals surface area contributed by atoms with E-state index in [0.717, 1.165) is 9.87 Å². The maximum atomic E-state index is 13.3. The highest BCUT2D eigenvalue weighted by molar-refractivity contribution is 7.89. The predicted molar refractivity (Wildman–Crippen MR) is 152 cm³/mol. The van der Waals surface area contributed by atoms with Crippen LogP contribution < -0.4 is 24.7 Å². The van der Waals surface area contributed by atoms with E-state index >= 15 is 0 Å². The van der Waals surface area contributed by atoms with Crippen molar-refractivity contribution in [1.82, 2.24) is 4.31 Å². The number of primary amides is 1. The van der Waals surface area contributed by atoms with Crippen molar-refractivity contribution in [3.63, 3.8) is 0 Å². The number of methoxy groups -OCH3 is 1. The van der Waals surface area contributed by atoms with Crippen LogP contribution in [0.2, 0.25) is 0 Å². The third kappa shape index (κ3) is 6.09. The molecule has 0 aliphatic carbocycles. The summed E-state index contributed by atoms with van der Waals surface area (Å²) >= 11 is 0. The van der Waals surface area contributed by atoms with Crippen LogP contribution in [0, 0.1) is 0 Å². The SMILES string of the molecule is CCCc1cc(C(=O)N(C)S(=O)(=O)c2ccc(C(C)C)cc2)ccc1OC(C(N)=O)c1cc(OC)c2c(c1)OCO2. The minimum Gasteiger partial charge on any atom is -0.493 e. The summed E-state index contributed by atoms with van der Waals surface area (Å²) in [6, 6.07) is 14.3. The van der Waals surface area contributed by atoms with Crippen LogP contribution >= 0.6 is 0 Å². The largest absolute Gasteiger partial charge is 0.493 e. The van der Waals surface area contributed by atoms with Gasteiger partial charge in [0.2, 0.25) is 18.6 Å². The Morgan fingerprint density at radius 1 is 1.00 bits per heavy atom. The average molecular weight is 583 g/mol. The van der Waals surface area contributed by atoms with Crippen molar-refractivity contribution in [3.05, 3.63) is 76.9 Å². The minimum absolute atomic E-state index is 0.0147. The second-order valence-corrected chi connectivity index (χ2v) is 11.9. The number of hydrogen-bond acceptors (Lipinski definition) is 8. The van der Waals surface area contributed by atoms with Crippen LogP contribution in [-0.2, 0) is 21.2 Å². The van der Waals surface area contributed by atoms with Crippen LogP contribution in [0.4, 0.5) is 0 Å². The topological polar surface area (TPSA) is 134 Å². The van der Waals surface area contributed by atoms with Crippen molar-refractivity contribution in [1.29, 1.82) is 0 Å². The smallest absolute Gasteiger partial charge is 0.267 e. The highest BCUT2D eigenvalue weighted by atomic mass is 32.2. The third-order valence-electron chi connectivity index (χ3n) is 6.80. The molecular weight excluding hydrogens is 548 g/mol. The van der Waals surface area contributed by atoms with Gasteiger partial charge < -0.3 is 24.7 Å². The van der Waals surface area contributed by atoms with E-state index in [9.17, 15) is 18.0 Å². The maximum absolute atomic E-state index is 13.3. The summed E-state index contributed by atoms with van der Waals surface area (Å²) in [7, 11) is -1.39. The Labute approximate surface area is 240 Å². The molecule has 1 aliphatic rings. The van der Waals surface area contributed by atoms with Crippen molar-refractivity contribution in [3.8, 4) is 23.0 Å². The second kappa shape index (κ2) is 12.1. The molecule has 0 aromatic heterocycles. The second-order valence-electron chi connectivity index (χ2n) is 9.93. The number of amides is 2. The van der Waals surface area contributed by atoms with Crippen molar-refractivity contribution < 1.29 is 37.0 Å². The van der Waals surface area contributed by atoms with Gasteiger partial charge in [0.05, 0.1) is 12.0 Å². The molecule has 0 spiro atoms. The van der Waals surface area contributed by atoms with Crippen LogP contribution in [0.3, 0.4) is 0 Å². The number of carbonyl (C=O) groups excluding carboxylic acids is 2. The zero-order valence-corrected chi connectivity index (χ0v) is 24.5. The Balaban J connectivity index is 1.63. The number of sulfonamides is 1. The van der Waals surface area contributed by atoms with Crippen LogP contribution in [0.15, 0.2) is 59.5 Å². The van der Waals surface area contributed by atoms with Crippen molar-refractivity contribution in [2.45, 2.75) is 50.5 Å². The van der Waals surface area contributed by atoms with E-state index in [1.807, 2.05) is 20.8 Å². The number of nitrogens with two attached hydrogens (primary N) is 1. The molecule has 0 fully saturated rings. The number of benzene rings is 3. The van der Waals surface area contributed by atoms with Gasteiger partial charge in [-0.2, -0.15) is 0 Å². The third-order valence-corrected chi connectivity index (χ3v) is 8.56. The van der Waals surface area contributed by atoms with E-state index in [1.165, 1.54) is 38.4 Å². The van der Waals surface area contributed by atoms with Gasteiger partial charge in [-0.1, -0.05) is 39.3 Å². The van der Waals surface area contributed by atoms with Crippen molar-refractivity contribution in [2.75, 3.05) is 21.0 Å². The lowest BCUT2D eigenvalue weighted by atomic mass is 10.0. The molecule has 2 amide bonds. The normalized spacial score (nSPS) is 13.1. The number of aryl methyl sites for hydroxylation is 1. The molecule has 218 valence electrons. The summed E-state index contributed by atoms with van der Waals surface area (Å²) in [6.07, 6.45) is -0.00409. The first-order chi connectivity index (χ1) is 19.5. The molecule has 0 saturated heterocycles. The van der Waals surface area contributed by atoms with Crippen molar-refractivity contribution in [2.24, 2.45) is 5.73 Å². The molecule has 3 aromatic rings. The number of fused-ring (bicyclic) bond motifs is 1. The van der Waals surface area contributed by atoms with Crippen LogP contribution in [-0.4, -0.2) is 45.5 Å². The van der Waals surface area contributed by atoms with Gasteiger partial charge in [0.25, 0.3) is 21.8 Å². The van der Waals surface area contributed by atoms with Gasteiger partial charge in [-0.3, -0.25) is 9.59 Å². The Bertz CT molecular complexity index is 1550. The number of hydrogen-bond donors (Lipinski definition) is 1. The molecule has 0 radical (unpaired) electrons. The van der Waals surface area contributed by atoms with E-state index in [0.29, 0.717) is 47.0 Å². The van der Waals surface area contributed by atoms with Crippen LogP contribution in [0.1, 0.15) is 66.3 Å². The number of carbonyl (C=O) groups is 2. The minimum atomic E-state index is -4.08. The summed E-state index contributed by atoms with van der Waals surface area (Å²) in [6.45, 7) is 5.99. The first-order valence-corrected chi connectivity index (χ1v) is 14.6. The molecule has 1 unspecified atom stereocenters. The first-order valence-electron chi connectivity index (χ1n) is 13.2. The Kier molecular flexibility index (Phi) is 8.77. The maximum Gasteiger partial charge on any atom is 0.267 e. The van der Waals surface area contributed by atoms with Crippen molar-refractivity contribution >= 4 is 21.8 Å². The van der Waals surface area contributed by atoms with Crippen LogP contribution in [0.5, 0.6) is 23.0 Å². The zero-order chi connectivity index (χ0) is 29.9. The summed E-state index contributed by atoms with van der Waals surface area (Å²) in [5, 5.41) is 0. The molecule has 1 atom stereocenters. The van der Waals surface area contributed by atoms with E-state index in [1.54, 1.807) is 30.3 Å². The van der Waals surface area contributed by atoms with Gasteiger partial charge in [0, 0.05) is 18.2 Å². The highest BCUT2D eigenvalue weighted by Gasteiger charge is 2.30. The fraction of sp³-hybridized carbons (Fsp3) is 0.333. The van der Waals surface area contributed by atoms with Gasteiger partial charge in [0.15, 0.2) is 11.5 Å².